The van der Waals surface area contributed by atoms with E-state index in [0.717, 1.165) is 80.7 Å². The number of imidazole rings is 2. The number of alkyl carbamates (subject to hydrolysis) is 2. The van der Waals surface area contributed by atoms with E-state index in [1.54, 1.807) is 0 Å². The Morgan fingerprint density at radius 2 is 1.46 bits per heavy atom. The van der Waals surface area contributed by atoms with E-state index in [0.29, 0.717) is 12.3 Å². The normalized spacial score (nSPS) is 20.5. The summed E-state index contributed by atoms with van der Waals surface area (Å²) in [5.41, 5.74) is 8.24. The van der Waals surface area contributed by atoms with Crippen molar-refractivity contribution >= 4 is 45.8 Å². The zero-order valence-corrected chi connectivity index (χ0v) is 34.5. The summed E-state index contributed by atoms with van der Waals surface area (Å²) >= 11 is 0. The van der Waals surface area contributed by atoms with Crippen molar-refractivity contribution in [3.63, 3.8) is 0 Å². The average molecular weight is 801 g/mol. The van der Waals surface area contributed by atoms with Crippen LogP contribution in [-0.2, 0) is 25.5 Å². The first-order valence-electron chi connectivity index (χ1n) is 20.4. The van der Waals surface area contributed by atoms with Gasteiger partial charge in [-0.05, 0) is 101 Å². The molecular formula is C45H52N8O6. The summed E-state index contributed by atoms with van der Waals surface area (Å²) in [4.78, 5) is 69.1. The van der Waals surface area contributed by atoms with Crippen LogP contribution in [0.15, 0.2) is 71.9 Å². The number of methoxy groups -OCH3 is 2. The zero-order chi connectivity index (χ0) is 41.7. The lowest BCUT2D eigenvalue weighted by Crippen LogP contribution is -2.52. The molecule has 5 N–H and O–H groups in total. The largest absolute Gasteiger partial charge is 0.453 e. The molecule has 1 saturated heterocycles. The molecule has 3 aliphatic rings. The lowest BCUT2D eigenvalue weighted by molar-refractivity contribution is -0.136. The summed E-state index contributed by atoms with van der Waals surface area (Å²) < 4.78 is 9.50. The molecule has 1 aliphatic heterocycles. The van der Waals surface area contributed by atoms with Gasteiger partial charge in [-0.1, -0.05) is 58.0 Å². The number of aryl methyl sites for hydroxylation is 1. The second kappa shape index (κ2) is 15.9. The molecule has 0 radical (unpaired) electrons. The fourth-order valence-electron chi connectivity index (χ4n) is 8.62. The van der Waals surface area contributed by atoms with Crippen molar-refractivity contribution in [1.29, 1.82) is 0 Å². The third-order valence-corrected chi connectivity index (χ3v) is 12.2. The fourth-order valence-corrected chi connectivity index (χ4v) is 8.62. The lowest BCUT2D eigenvalue weighted by Gasteiger charge is -2.31. The van der Waals surface area contributed by atoms with Crippen molar-refractivity contribution in [3.05, 3.63) is 83.6 Å². The number of aromatic amines is 2. The molecule has 0 spiro atoms. The lowest BCUT2D eigenvalue weighted by atomic mass is 9.99. The molecule has 2 aromatic heterocycles. The summed E-state index contributed by atoms with van der Waals surface area (Å²) in [6.45, 7) is 9.63. The predicted molar refractivity (Wildman–Crippen MR) is 224 cm³/mol. The number of fused-ring (bicyclic) bond motifs is 3. The van der Waals surface area contributed by atoms with E-state index >= 15 is 0 Å². The Bertz CT molecular complexity index is 2480. The van der Waals surface area contributed by atoms with Gasteiger partial charge in [0.25, 0.3) is 0 Å². The minimum Gasteiger partial charge on any atom is -0.453 e. The standard InChI is InChI=1S/C45H52N8O6/c1-22(2)38(51-44(56)58-6)42(54)50-40-24(5)31(40)13-15-37-47-32-14-12-28(18-33(32)48-37)26-8-9-27-17-29(11-10-25(27)16-26)34-21-46-41(49-34)36-20-30-19-35(30)53(36)43(55)39(23(3)4)52-45(57)59-7/h8-12,14,16-18,21-23,30,35-36,38-40H,13,15,19-20H2,1-7H3,(H,46,49)(H,47,48)(H,50,54)(H,51,56)(H,52,57). The fraction of sp³-hybridized carbons (Fsp3) is 0.422. The second-order valence-electron chi connectivity index (χ2n) is 16.8. The summed E-state index contributed by atoms with van der Waals surface area (Å²) in [5, 5.41) is 10.6. The number of H-pyrrole nitrogens is 2. The van der Waals surface area contributed by atoms with Gasteiger partial charge in [0.15, 0.2) is 0 Å². The van der Waals surface area contributed by atoms with Gasteiger partial charge in [-0.25, -0.2) is 19.6 Å². The third kappa shape index (κ3) is 8.00. The second-order valence-corrected chi connectivity index (χ2v) is 16.8. The van der Waals surface area contributed by atoms with E-state index in [-0.39, 0.29) is 41.8 Å². The highest BCUT2D eigenvalue weighted by molar-refractivity contribution is 5.92. The molecule has 4 amide bonds. The van der Waals surface area contributed by atoms with E-state index < -0.39 is 24.3 Å². The Hall–Kier alpha value is -6.18. The third-order valence-electron chi connectivity index (χ3n) is 12.2. The number of carbonyl (C=O) groups excluding carboxylic acids is 4. The highest BCUT2D eigenvalue weighted by Crippen LogP contribution is 2.53. The maximum atomic E-state index is 13.8. The Kier molecular flexibility index (Phi) is 10.7. The number of benzene rings is 3. The van der Waals surface area contributed by atoms with Gasteiger partial charge >= 0.3 is 12.2 Å². The maximum absolute atomic E-state index is 13.8. The van der Waals surface area contributed by atoms with Gasteiger partial charge in [0.05, 0.1) is 49.2 Å². The first-order valence-corrected chi connectivity index (χ1v) is 20.4. The average Bonchev–Trinajstić information content (AvgIpc) is 3.81. The van der Waals surface area contributed by atoms with Crippen molar-refractivity contribution in [1.82, 2.24) is 40.8 Å². The number of nitrogens with zero attached hydrogens (tertiary/aromatic N) is 3. The molecule has 308 valence electrons. The predicted octanol–water partition coefficient (Wildman–Crippen LogP) is 6.94. The first-order chi connectivity index (χ1) is 28.3. The summed E-state index contributed by atoms with van der Waals surface area (Å²) in [5.74, 6) is 1.57. The number of aromatic nitrogens is 4. The van der Waals surface area contributed by atoms with E-state index in [4.69, 9.17) is 19.4 Å². The Morgan fingerprint density at radius 3 is 2.15 bits per heavy atom. The molecule has 2 aliphatic carbocycles. The van der Waals surface area contributed by atoms with Gasteiger partial charge in [0, 0.05) is 18.0 Å². The van der Waals surface area contributed by atoms with Gasteiger partial charge in [-0.3, -0.25) is 9.59 Å². The molecule has 6 atom stereocenters. The Labute approximate surface area is 342 Å². The van der Waals surface area contributed by atoms with E-state index in [1.807, 2.05) is 51.8 Å². The zero-order valence-electron chi connectivity index (χ0n) is 34.5. The monoisotopic (exact) mass is 800 g/mol. The van der Waals surface area contributed by atoms with Crippen molar-refractivity contribution in [3.8, 4) is 22.4 Å². The van der Waals surface area contributed by atoms with E-state index in [2.05, 4.69) is 74.4 Å². The van der Waals surface area contributed by atoms with Crippen molar-refractivity contribution in [2.75, 3.05) is 14.2 Å². The van der Waals surface area contributed by atoms with E-state index in [9.17, 15) is 19.2 Å². The highest BCUT2D eigenvalue weighted by atomic mass is 16.5. The van der Waals surface area contributed by atoms with Crippen molar-refractivity contribution in [2.45, 2.75) is 90.5 Å². The van der Waals surface area contributed by atoms with Crippen LogP contribution in [0.3, 0.4) is 0 Å². The van der Waals surface area contributed by atoms with Crippen LogP contribution in [0.5, 0.6) is 0 Å². The SMILES string of the molecule is COC(=O)NC(C(=O)NC1C(C)=C1CCc1nc2ccc(-c3ccc4cc(-c5cnc(C6CC7CC7N6C(=O)C(NC(=O)OC)C(C)C)[nH]5)ccc4c3)cc2[nH]1)C(C)C. The molecule has 1 saturated carbocycles. The van der Waals surface area contributed by atoms with Crippen molar-refractivity contribution < 1.29 is 28.7 Å². The Balaban J connectivity index is 0.915. The topological polar surface area (TPSA) is 183 Å². The van der Waals surface area contributed by atoms with Crippen LogP contribution in [0, 0.1) is 17.8 Å². The van der Waals surface area contributed by atoms with Crippen molar-refractivity contribution in [2.24, 2.45) is 17.8 Å². The molecular weight excluding hydrogens is 749 g/mol. The summed E-state index contributed by atoms with van der Waals surface area (Å²) in [6, 6.07) is 17.6. The number of hydrogen-bond acceptors (Lipinski definition) is 8. The summed E-state index contributed by atoms with van der Waals surface area (Å²) in [6.07, 6.45) is 3.89. The van der Waals surface area contributed by atoms with Gasteiger partial charge in [0.2, 0.25) is 11.8 Å². The molecule has 14 heteroatoms. The molecule has 59 heavy (non-hydrogen) atoms. The van der Waals surface area contributed by atoms with Crippen LogP contribution >= 0.6 is 0 Å². The number of ether oxygens (including phenoxy) is 2. The minimum atomic E-state index is -0.679. The van der Waals surface area contributed by atoms with Gasteiger partial charge in [-0.15, -0.1) is 0 Å². The number of carbonyl (C=O) groups is 4. The minimum absolute atomic E-state index is 0.0912. The van der Waals surface area contributed by atoms with Gasteiger partial charge in [-0.2, -0.15) is 0 Å². The molecule has 6 unspecified atom stereocenters. The van der Waals surface area contributed by atoms with Gasteiger partial charge in [0.1, 0.15) is 23.7 Å². The number of likely N-dealkylation sites (tertiary alicyclic amines) is 1. The van der Waals surface area contributed by atoms with Crippen LogP contribution in [0.25, 0.3) is 44.2 Å². The first kappa shape index (κ1) is 39.6. The smallest absolute Gasteiger partial charge is 0.407 e. The number of hydrogen-bond donors (Lipinski definition) is 5. The van der Waals surface area contributed by atoms with Crippen LogP contribution in [0.2, 0.25) is 0 Å². The number of amides is 4. The molecule has 2 fully saturated rings. The molecule has 3 heterocycles. The molecule has 5 aromatic rings. The number of nitrogens with one attached hydrogen (secondary N) is 5. The van der Waals surface area contributed by atoms with Crippen LogP contribution < -0.4 is 16.0 Å². The molecule has 14 nitrogen and oxygen atoms in total. The molecule has 8 rings (SSSR count). The molecule has 0 bridgehead atoms. The van der Waals surface area contributed by atoms with Crippen LogP contribution in [0.1, 0.15) is 71.6 Å². The van der Waals surface area contributed by atoms with E-state index in [1.165, 1.54) is 19.8 Å². The molecule has 3 aromatic carbocycles. The highest BCUT2D eigenvalue weighted by Gasteiger charge is 2.56. The Morgan fingerprint density at radius 1 is 0.814 bits per heavy atom. The van der Waals surface area contributed by atoms with Crippen LogP contribution in [0.4, 0.5) is 9.59 Å². The summed E-state index contributed by atoms with van der Waals surface area (Å²) in [7, 11) is 2.59. The van der Waals surface area contributed by atoms with Gasteiger partial charge < -0.3 is 40.3 Å². The number of rotatable bonds is 13. The maximum Gasteiger partial charge on any atom is 0.407 e. The van der Waals surface area contributed by atoms with Crippen LogP contribution in [-0.4, -0.2) is 87.2 Å². The number of piperidine rings is 1. The quantitative estimate of drug-likeness (QED) is 0.0794.